The van der Waals surface area contributed by atoms with E-state index in [0.717, 1.165) is 22.8 Å². The number of aromatic amines is 1. The van der Waals surface area contributed by atoms with Crippen LogP contribution in [0.1, 0.15) is 33.1 Å². The highest BCUT2D eigenvalue weighted by molar-refractivity contribution is 7.71. The largest absolute Gasteiger partial charge is 0.331 e. The Morgan fingerprint density at radius 1 is 1.24 bits per heavy atom. The third-order valence-electron chi connectivity index (χ3n) is 3.09. The number of H-pyrrole nitrogens is 1. The average molecular weight is 248 g/mol. The standard InChI is InChI=1S/C14H20N2S/c1-11(2)7-5-6-10-16-13-9-4-3-8-12(13)15-14(16)17/h3-4,8-9,11H,5-7,10H2,1-2H3,(H,15,17). The molecule has 0 saturated heterocycles. The Balaban J connectivity index is 2.08. The molecular formula is C14H20N2S. The summed E-state index contributed by atoms with van der Waals surface area (Å²) in [7, 11) is 0. The molecule has 2 rings (SSSR count). The molecule has 1 aromatic heterocycles. The molecule has 0 aliphatic carbocycles. The summed E-state index contributed by atoms with van der Waals surface area (Å²) in [5.74, 6) is 0.797. The minimum absolute atomic E-state index is 0.797. The lowest BCUT2D eigenvalue weighted by Gasteiger charge is -2.06. The first kappa shape index (κ1) is 12.4. The Morgan fingerprint density at radius 2 is 2.00 bits per heavy atom. The van der Waals surface area contributed by atoms with Gasteiger partial charge < -0.3 is 9.55 Å². The van der Waals surface area contributed by atoms with Crippen molar-refractivity contribution in [2.24, 2.45) is 5.92 Å². The molecule has 2 nitrogen and oxygen atoms in total. The molecule has 0 atom stereocenters. The van der Waals surface area contributed by atoms with Gasteiger partial charge in [-0.15, -0.1) is 0 Å². The number of nitrogens with zero attached hydrogens (tertiary/aromatic N) is 1. The van der Waals surface area contributed by atoms with Crippen molar-refractivity contribution in [3.63, 3.8) is 0 Å². The molecule has 0 fully saturated rings. The van der Waals surface area contributed by atoms with Crippen LogP contribution in [0.25, 0.3) is 11.0 Å². The van der Waals surface area contributed by atoms with E-state index in [9.17, 15) is 0 Å². The quantitative estimate of drug-likeness (QED) is 0.609. The number of fused-ring (bicyclic) bond motifs is 1. The van der Waals surface area contributed by atoms with Crippen LogP contribution in [0.3, 0.4) is 0 Å². The van der Waals surface area contributed by atoms with E-state index in [-0.39, 0.29) is 0 Å². The minimum atomic E-state index is 0.797. The van der Waals surface area contributed by atoms with Gasteiger partial charge in [-0.25, -0.2) is 0 Å². The van der Waals surface area contributed by atoms with Crippen LogP contribution in [0.15, 0.2) is 24.3 Å². The summed E-state index contributed by atoms with van der Waals surface area (Å²) in [6, 6.07) is 8.31. The first-order chi connectivity index (χ1) is 8.18. The van der Waals surface area contributed by atoms with E-state index in [2.05, 4.69) is 41.6 Å². The fraction of sp³-hybridized carbons (Fsp3) is 0.500. The minimum Gasteiger partial charge on any atom is -0.331 e. The first-order valence-electron chi connectivity index (χ1n) is 6.36. The highest BCUT2D eigenvalue weighted by Crippen LogP contribution is 2.15. The van der Waals surface area contributed by atoms with Crippen molar-refractivity contribution in [2.45, 2.75) is 39.7 Å². The highest BCUT2D eigenvalue weighted by atomic mass is 32.1. The predicted molar refractivity (Wildman–Crippen MR) is 75.8 cm³/mol. The zero-order valence-electron chi connectivity index (χ0n) is 10.6. The molecule has 1 aromatic carbocycles. The molecule has 1 heterocycles. The van der Waals surface area contributed by atoms with Crippen molar-refractivity contribution >= 4 is 23.3 Å². The summed E-state index contributed by atoms with van der Waals surface area (Å²) < 4.78 is 3.06. The van der Waals surface area contributed by atoms with E-state index in [1.165, 1.54) is 24.8 Å². The van der Waals surface area contributed by atoms with Gasteiger partial charge in [-0.3, -0.25) is 0 Å². The van der Waals surface area contributed by atoms with E-state index >= 15 is 0 Å². The smallest absolute Gasteiger partial charge is 0.178 e. The van der Waals surface area contributed by atoms with Crippen LogP contribution in [-0.4, -0.2) is 9.55 Å². The molecule has 0 saturated carbocycles. The molecule has 0 radical (unpaired) electrons. The van der Waals surface area contributed by atoms with Gasteiger partial charge in [0.05, 0.1) is 11.0 Å². The number of hydrogen-bond acceptors (Lipinski definition) is 1. The fourth-order valence-electron chi connectivity index (χ4n) is 2.15. The third-order valence-corrected chi connectivity index (χ3v) is 3.42. The third kappa shape index (κ3) is 2.97. The zero-order valence-corrected chi connectivity index (χ0v) is 11.4. The molecule has 0 spiro atoms. The molecule has 0 bridgehead atoms. The second kappa shape index (κ2) is 5.50. The van der Waals surface area contributed by atoms with E-state index in [1.807, 2.05) is 6.07 Å². The Morgan fingerprint density at radius 3 is 2.76 bits per heavy atom. The van der Waals surface area contributed by atoms with E-state index < -0.39 is 0 Å². The number of imidazole rings is 1. The lowest BCUT2D eigenvalue weighted by molar-refractivity contribution is 0.511. The van der Waals surface area contributed by atoms with Gasteiger partial charge >= 0.3 is 0 Å². The predicted octanol–water partition coefficient (Wildman–Crippen LogP) is 4.53. The Hall–Kier alpha value is -1.09. The van der Waals surface area contributed by atoms with Gasteiger partial charge in [0, 0.05) is 6.54 Å². The van der Waals surface area contributed by atoms with Crippen molar-refractivity contribution in [1.29, 1.82) is 0 Å². The molecule has 17 heavy (non-hydrogen) atoms. The number of aryl methyl sites for hydroxylation is 1. The molecule has 1 N–H and O–H groups in total. The number of para-hydroxylation sites is 2. The summed E-state index contributed by atoms with van der Waals surface area (Å²) in [6.45, 7) is 5.57. The maximum absolute atomic E-state index is 5.36. The van der Waals surface area contributed by atoms with Gasteiger partial charge in [0.1, 0.15) is 0 Å². The maximum Gasteiger partial charge on any atom is 0.178 e. The topological polar surface area (TPSA) is 20.7 Å². The Bertz CT molecular complexity index is 536. The molecule has 3 heteroatoms. The maximum atomic E-state index is 5.36. The summed E-state index contributed by atoms with van der Waals surface area (Å²) in [5, 5.41) is 0. The lowest BCUT2D eigenvalue weighted by Crippen LogP contribution is -1.98. The Labute approximate surface area is 108 Å². The van der Waals surface area contributed by atoms with Crippen LogP contribution in [0.4, 0.5) is 0 Å². The van der Waals surface area contributed by atoms with Crippen LogP contribution in [0.2, 0.25) is 0 Å². The van der Waals surface area contributed by atoms with Crippen molar-refractivity contribution in [3.05, 3.63) is 29.0 Å². The number of hydrogen-bond donors (Lipinski definition) is 1. The van der Waals surface area contributed by atoms with Crippen molar-refractivity contribution < 1.29 is 0 Å². The molecule has 92 valence electrons. The van der Waals surface area contributed by atoms with Crippen molar-refractivity contribution in [3.8, 4) is 0 Å². The van der Waals surface area contributed by atoms with Gasteiger partial charge in [-0.2, -0.15) is 0 Å². The van der Waals surface area contributed by atoms with Crippen LogP contribution >= 0.6 is 12.2 Å². The zero-order chi connectivity index (χ0) is 12.3. The molecule has 0 amide bonds. The molecular weight excluding hydrogens is 228 g/mol. The van der Waals surface area contributed by atoms with Crippen molar-refractivity contribution in [2.75, 3.05) is 0 Å². The van der Waals surface area contributed by atoms with E-state index in [1.54, 1.807) is 0 Å². The van der Waals surface area contributed by atoms with Crippen LogP contribution < -0.4 is 0 Å². The van der Waals surface area contributed by atoms with Gasteiger partial charge in [0.2, 0.25) is 0 Å². The first-order valence-corrected chi connectivity index (χ1v) is 6.77. The number of benzene rings is 1. The monoisotopic (exact) mass is 248 g/mol. The highest BCUT2D eigenvalue weighted by Gasteiger charge is 2.03. The summed E-state index contributed by atoms with van der Waals surface area (Å²) >= 11 is 5.36. The van der Waals surface area contributed by atoms with Gasteiger partial charge in [0.15, 0.2) is 4.77 Å². The molecule has 0 aliphatic rings. The average Bonchev–Trinajstić information content (AvgIpc) is 2.60. The molecule has 0 aliphatic heterocycles. The van der Waals surface area contributed by atoms with Crippen LogP contribution in [0.5, 0.6) is 0 Å². The second-order valence-corrected chi connectivity index (χ2v) is 5.38. The number of rotatable bonds is 5. The lowest BCUT2D eigenvalue weighted by atomic mass is 10.1. The number of nitrogens with one attached hydrogen (secondary N) is 1. The van der Waals surface area contributed by atoms with Crippen LogP contribution in [0, 0.1) is 10.7 Å². The van der Waals surface area contributed by atoms with Gasteiger partial charge in [-0.05, 0) is 36.7 Å². The number of aromatic nitrogens is 2. The Kier molecular flexibility index (Phi) is 4.00. The summed E-state index contributed by atoms with van der Waals surface area (Å²) in [6.07, 6.45) is 3.78. The molecule has 0 unspecified atom stereocenters. The SMILES string of the molecule is CC(C)CCCCn1c(=S)[nH]c2ccccc21. The normalized spacial score (nSPS) is 11.5. The van der Waals surface area contributed by atoms with Gasteiger partial charge in [-0.1, -0.05) is 38.8 Å². The van der Waals surface area contributed by atoms with E-state index in [4.69, 9.17) is 12.2 Å². The van der Waals surface area contributed by atoms with Crippen LogP contribution in [-0.2, 0) is 6.54 Å². The van der Waals surface area contributed by atoms with Gasteiger partial charge in [0.25, 0.3) is 0 Å². The van der Waals surface area contributed by atoms with Crippen molar-refractivity contribution in [1.82, 2.24) is 9.55 Å². The fourth-order valence-corrected chi connectivity index (χ4v) is 2.45. The number of unbranched alkanes of at least 4 members (excludes halogenated alkanes) is 1. The second-order valence-electron chi connectivity index (χ2n) is 4.99. The summed E-state index contributed by atoms with van der Waals surface area (Å²) in [5.41, 5.74) is 2.36. The molecule has 2 aromatic rings. The summed E-state index contributed by atoms with van der Waals surface area (Å²) in [4.78, 5) is 3.25. The van der Waals surface area contributed by atoms with E-state index in [0.29, 0.717) is 0 Å².